The van der Waals surface area contributed by atoms with E-state index in [0.717, 1.165) is 64.5 Å². The fourth-order valence-electron chi connectivity index (χ4n) is 15.0. The molecule has 7 fully saturated rings. The minimum Gasteiger partial charge on any atom is -0.508 e. The van der Waals surface area contributed by atoms with Gasteiger partial charge in [0.15, 0.2) is 11.6 Å². The van der Waals surface area contributed by atoms with E-state index >= 15 is 8.78 Å². The molecule has 7 unspecified atom stereocenters. The summed E-state index contributed by atoms with van der Waals surface area (Å²) in [6.45, 7) is 7.59. The van der Waals surface area contributed by atoms with Gasteiger partial charge in [0.25, 0.3) is 0 Å². The van der Waals surface area contributed by atoms with Crippen molar-refractivity contribution in [1.29, 1.82) is 0 Å². The minimum atomic E-state index is -0.918. The highest BCUT2D eigenvalue weighted by atomic mass is 19.1. The molecule has 0 bridgehead atoms. The van der Waals surface area contributed by atoms with Crippen LogP contribution in [-0.2, 0) is 9.47 Å². The van der Waals surface area contributed by atoms with Crippen molar-refractivity contribution in [2.75, 3.05) is 82.5 Å². The number of alkyl halides is 1. The summed E-state index contributed by atoms with van der Waals surface area (Å²) in [6, 6.07) is 11.6. The number of anilines is 2. The van der Waals surface area contributed by atoms with Crippen LogP contribution < -0.4 is 19.3 Å². The van der Waals surface area contributed by atoms with Crippen molar-refractivity contribution in [3.63, 3.8) is 0 Å². The molecule has 0 amide bonds. The molecule has 0 radical (unpaired) electrons. The van der Waals surface area contributed by atoms with Crippen molar-refractivity contribution >= 4 is 55.0 Å². The summed E-state index contributed by atoms with van der Waals surface area (Å²) >= 11 is 0. The first-order chi connectivity index (χ1) is 42.1. The fraction of sp³-hybridized carbons (Fsp3) is 0.424. The fourth-order valence-corrected chi connectivity index (χ4v) is 15.0. The van der Waals surface area contributed by atoms with Crippen LogP contribution in [0.2, 0.25) is 0 Å². The van der Waals surface area contributed by atoms with E-state index in [9.17, 15) is 23.4 Å². The number of nitrogens with zero attached hydrogens (tertiary/aromatic N) is 10. The minimum absolute atomic E-state index is 0.0110. The van der Waals surface area contributed by atoms with Crippen LogP contribution in [0.3, 0.4) is 0 Å². The number of aromatic nitrogens is 6. The Labute approximate surface area is 498 Å². The van der Waals surface area contributed by atoms with Gasteiger partial charge in [0.05, 0.1) is 65.5 Å². The molecule has 8 aromatic rings. The molecule has 7 aliphatic rings. The number of piperidine rings is 1. The van der Waals surface area contributed by atoms with Crippen LogP contribution >= 0.6 is 0 Å². The molecule has 87 heavy (non-hydrogen) atoms. The topological polar surface area (TPSA) is 168 Å². The number of fused-ring (bicyclic) bond motifs is 7. The third-order valence-electron chi connectivity index (χ3n) is 19.1. The van der Waals surface area contributed by atoms with Gasteiger partial charge in [-0.2, -0.15) is 19.9 Å². The number of rotatable bonds is 10. The number of benzene rings is 4. The van der Waals surface area contributed by atoms with E-state index < -0.39 is 35.0 Å². The van der Waals surface area contributed by atoms with Gasteiger partial charge in [-0.25, -0.2) is 22.0 Å². The number of halogens is 5. The molecule has 448 valence electrons. The zero-order valence-electron chi connectivity index (χ0n) is 48.1. The Balaban J connectivity index is 0.000000153. The maximum Gasteiger partial charge on any atom is 0.319 e. The normalized spacial score (nSPS) is 25.2. The second-order valence-electron chi connectivity index (χ2n) is 24.4. The Hall–Kier alpha value is -8.21. The molecular weight excluding hydrogens is 1120 g/mol. The number of morpholine rings is 2. The van der Waals surface area contributed by atoms with Crippen molar-refractivity contribution < 1.29 is 51.1 Å². The second kappa shape index (κ2) is 22.2. The molecule has 21 heteroatoms. The molecular formula is C66H63F5N10O6. The quantitative estimate of drug-likeness (QED) is 0.0979. The maximum atomic E-state index is 16.7. The van der Waals surface area contributed by atoms with E-state index in [1.165, 1.54) is 60.9 Å². The SMILES string of the molecule is C#Cc1c(F)ccc2cc(O)cc(-c3ncc4c(N5CCOC(C)C5)nc(OCC56CCCC5N(C)CCC6)nc4c3F)c12.C#Cc1c(F)ccc2cc(O)cc(-c3ncc4c(N5CCOC6CC65)nc(OCC56CCCN5CC(F)C6)nc4c3F)c12. The third-order valence-corrected chi connectivity index (χ3v) is 19.1. The Morgan fingerprint density at radius 1 is 0.701 bits per heavy atom. The van der Waals surface area contributed by atoms with Gasteiger partial charge in [0.1, 0.15) is 70.0 Å². The first kappa shape index (κ1) is 56.6. The van der Waals surface area contributed by atoms with Crippen LogP contribution in [0.1, 0.15) is 75.8 Å². The molecule has 2 aliphatic carbocycles. The molecule has 16 nitrogen and oxygen atoms in total. The zero-order chi connectivity index (χ0) is 60.0. The van der Waals surface area contributed by atoms with Gasteiger partial charge in [-0.15, -0.1) is 12.8 Å². The summed E-state index contributed by atoms with van der Waals surface area (Å²) in [4.78, 5) is 36.3. The van der Waals surface area contributed by atoms with Crippen LogP contribution in [0.15, 0.2) is 60.9 Å². The first-order valence-corrected chi connectivity index (χ1v) is 29.8. The van der Waals surface area contributed by atoms with E-state index in [-0.39, 0.29) is 109 Å². The lowest BCUT2D eigenvalue weighted by Crippen LogP contribution is -2.50. The number of phenolic OH excluding ortho intramolecular Hbond substituents is 2. The summed E-state index contributed by atoms with van der Waals surface area (Å²) in [5.74, 6) is 2.71. The average molecular weight is 1190 g/mol. The maximum absolute atomic E-state index is 16.7. The van der Waals surface area contributed by atoms with Gasteiger partial charge in [-0.1, -0.05) is 30.4 Å². The molecule has 15 rings (SSSR count). The van der Waals surface area contributed by atoms with Crippen molar-refractivity contribution in [1.82, 2.24) is 39.7 Å². The van der Waals surface area contributed by atoms with Gasteiger partial charge in [0.2, 0.25) is 0 Å². The molecule has 4 aromatic heterocycles. The van der Waals surface area contributed by atoms with Crippen molar-refractivity contribution in [3.05, 3.63) is 95.3 Å². The summed E-state index contributed by atoms with van der Waals surface area (Å²) in [6.07, 6.45) is 22.0. The predicted octanol–water partition coefficient (Wildman–Crippen LogP) is 10.4. The Bertz CT molecular complexity index is 4190. The van der Waals surface area contributed by atoms with Crippen LogP contribution in [0.25, 0.3) is 65.9 Å². The number of hydrogen-bond acceptors (Lipinski definition) is 16. The number of pyridine rings is 2. The third kappa shape index (κ3) is 9.96. The van der Waals surface area contributed by atoms with Gasteiger partial charge < -0.3 is 43.9 Å². The summed E-state index contributed by atoms with van der Waals surface area (Å²) in [5, 5.41) is 23.3. The zero-order valence-corrected chi connectivity index (χ0v) is 48.1. The Kier molecular flexibility index (Phi) is 14.4. The number of terminal acetylenes is 2. The molecule has 5 saturated heterocycles. The van der Waals surface area contributed by atoms with Crippen LogP contribution in [0, 0.1) is 53.4 Å². The number of aromatic hydroxyl groups is 2. The average Bonchev–Trinajstić information content (AvgIpc) is 1.64. The largest absolute Gasteiger partial charge is 0.508 e. The van der Waals surface area contributed by atoms with Crippen LogP contribution in [0.4, 0.5) is 33.6 Å². The lowest BCUT2D eigenvalue weighted by molar-refractivity contribution is 0.0132. The van der Waals surface area contributed by atoms with E-state index in [0.29, 0.717) is 91.6 Å². The summed E-state index contributed by atoms with van der Waals surface area (Å²) in [5.41, 5.74) is -0.443. The Morgan fingerprint density at radius 3 is 1.94 bits per heavy atom. The van der Waals surface area contributed by atoms with Gasteiger partial charge >= 0.3 is 12.0 Å². The van der Waals surface area contributed by atoms with E-state index in [4.69, 9.17) is 41.8 Å². The molecule has 2 N–H and O–H groups in total. The second-order valence-corrected chi connectivity index (χ2v) is 24.4. The number of likely N-dealkylation sites (tertiary alicyclic amines) is 1. The molecule has 0 spiro atoms. The Morgan fingerprint density at radius 2 is 1.30 bits per heavy atom. The lowest BCUT2D eigenvalue weighted by atomic mass is 9.76. The highest BCUT2D eigenvalue weighted by Gasteiger charge is 2.51. The van der Waals surface area contributed by atoms with Crippen LogP contribution in [0.5, 0.6) is 23.5 Å². The highest BCUT2D eigenvalue weighted by Crippen LogP contribution is 2.49. The summed E-state index contributed by atoms with van der Waals surface area (Å²) < 4.78 is 101. The smallest absolute Gasteiger partial charge is 0.319 e. The van der Waals surface area contributed by atoms with E-state index in [1.807, 2.05) is 11.8 Å². The highest BCUT2D eigenvalue weighted by molar-refractivity contribution is 6.04. The summed E-state index contributed by atoms with van der Waals surface area (Å²) in [7, 11) is 2.18. The first-order valence-electron chi connectivity index (χ1n) is 29.8. The molecule has 7 atom stereocenters. The molecule has 9 heterocycles. The van der Waals surface area contributed by atoms with Gasteiger partial charge in [-0.05, 0) is 119 Å². The van der Waals surface area contributed by atoms with E-state index in [2.05, 4.69) is 53.5 Å². The standard InChI is InChI=1S/C34H35F2N5O3.C32H28F3N5O3/c1-4-23-26(35)9-8-21-15-22(42)16-24(28(21)23)30-29(36)31-25(17-37-30)32(41-13-14-43-20(2)18-41)39-33(38-31)44-19-34-10-5-7-27(34)40(3)12-6-11-34;1-2-20-23(34)5-4-17-10-19(41)11-21(26(17)20)28-27(35)29-22(14-36-28)30(40-8-9-42-25-12-24(25)40)38-31(37-29)43-16-32-6-3-7-39(32)15-18(33)13-32/h1,8-9,15-17,20,27,42H,5-7,10-14,18-19H2,2-3H3;1,4-5,10-11,14,18,24-25,41H,3,6-9,12-13,15-16H2. The van der Waals surface area contributed by atoms with E-state index in [1.54, 1.807) is 0 Å². The monoisotopic (exact) mass is 1190 g/mol. The number of phenols is 2. The molecule has 4 aromatic carbocycles. The van der Waals surface area contributed by atoms with Crippen LogP contribution in [-0.4, -0.2) is 159 Å². The molecule has 5 aliphatic heterocycles. The van der Waals surface area contributed by atoms with Gasteiger partial charge in [-0.3, -0.25) is 14.9 Å². The van der Waals surface area contributed by atoms with Crippen molar-refractivity contribution in [2.24, 2.45) is 5.41 Å². The predicted molar refractivity (Wildman–Crippen MR) is 319 cm³/mol. The lowest BCUT2D eigenvalue weighted by Gasteiger charge is -2.44. The van der Waals surface area contributed by atoms with Gasteiger partial charge in [0, 0.05) is 78.3 Å². The molecule has 2 saturated carbocycles. The van der Waals surface area contributed by atoms with Crippen molar-refractivity contribution in [2.45, 2.75) is 101 Å². The number of hydrogen-bond donors (Lipinski definition) is 2. The van der Waals surface area contributed by atoms with Crippen molar-refractivity contribution in [3.8, 4) is 70.7 Å². The number of ether oxygens (including phenoxy) is 4.